The minimum absolute atomic E-state index is 0.0329. The highest BCUT2D eigenvalue weighted by molar-refractivity contribution is 7.90. The van der Waals surface area contributed by atoms with Gasteiger partial charge in [-0.2, -0.15) is 13.2 Å². The van der Waals surface area contributed by atoms with E-state index in [1.807, 2.05) is 0 Å². The van der Waals surface area contributed by atoms with Crippen LogP contribution in [-0.4, -0.2) is 43.0 Å². The molecule has 2 N–H and O–H groups in total. The molecule has 1 aromatic carbocycles. The molecule has 6 nitrogen and oxygen atoms in total. The highest BCUT2D eigenvalue weighted by atomic mass is 32.2. The van der Waals surface area contributed by atoms with E-state index in [9.17, 15) is 31.5 Å². The van der Waals surface area contributed by atoms with Crippen LogP contribution in [0.15, 0.2) is 59.7 Å². The zero-order valence-electron chi connectivity index (χ0n) is 17.4. The first-order chi connectivity index (χ1) is 14.9. The molecule has 1 aliphatic rings. The van der Waals surface area contributed by atoms with E-state index < -0.39 is 33.8 Å². The van der Waals surface area contributed by atoms with E-state index in [1.165, 1.54) is 53.3 Å². The number of carbonyl (C=O) groups is 1. The van der Waals surface area contributed by atoms with Crippen LogP contribution in [0.2, 0.25) is 0 Å². The number of benzene rings is 1. The highest BCUT2D eigenvalue weighted by Gasteiger charge is 2.45. The fraction of sp³-hybridized carbons (Fsp3) is 0.318. The Hall–Kier alpha value is -2.85. The molecule has 172 valence electrons. The maximum absolute atomic E-state index is 13.6. The number of amides is 1. The second kappa shape index (κ2) is 8.95. The molecule has 32 heavy (non-hydrogen) atoms. The summed E-state index contributed by atoms with van der Waals surface area (Å²) in [6, 6.07) is 5.58. The van der Waals surface area contributed by atoms with Crippen LogP contribution in [0.3, 0.4) is 0 Å². The minimum Gasteiger partial charge on any atom is -0.395 e. The Morgan fingerprint density at radius 1 is 1.16 bits per heavy atom. The molecule has 0 aliphatic heterocycles. The molecule has 1 aromatic heterocycles. The number of alkyl halides is 3. The molecular weight excluding hydrogens is 445 g/mol. The van der Waals surface area contributed by atoms with Gasteiger partial charge in [-0.05, 0) is 36.8 Å². The van der Waals surface area contributed by atoms with Gasteiger partial charge in [-0.25, -0.2) is 8.42 Å². The smallest absolute Gasteiger partial charge is 0.395 e. The molecular formula is C22H23F3N2O4S. The van der Waals surface area contributed by atoms with E-state index in [4.69, 9.17) is 0 Å². The largest absolute Gasteiger partial charge is 0.396 e. The molecule has 0 saturated carbocycles. The summed E-state index contributed by atoms with van der Waals surface area (Å²) in [4.78, 5) is 13.0. The van der Waals surface area contributed by atoms with Gasteiger partial charge in [-0.1, -0.05) is 24.3 Å². The van der Waals surface area contributed by atoms with Crippen molar-refractivity contribution in [2.24, 2.45) is 5.92 Å². The van der Waals surface area contributed by atoms with Gasteiger partial charge in [-0.3, -0.25) is 4.79 Å². The van der Waals surface area contributed by atoms with Crippen LogP contribution in [0, 0.1) is 12.8 Å². The van der Waals surface area contributed by atoms with Gasteiger partial charge >= 0.3 is 6.18 Å². The lowest BCUT2D eigenvalue weighted by molar-refractivity contribution is -0.164. The molecule has 1 aliphatic carbocycles. The fourth-order valence-corrected chi connectivity index (χ4v) is 4.43. The zero-order chi connectivity index (χ0) is 23.7. The number of nitrogens with zero attached hydrogens (tertiary/aromatic N) is 1. The molecule has 0 radical (unpaired) electrons. The maximum atomic E-state index is 13.6. The fourth-order valence-electron chi connectivity index (χ4n) is 3.80. The zero-order valence-corrected chi connectivity index (χ0v) is 18.2. The summed E-state index contributed by atoms with van der Waals surface area (Å²) in [6.45, 7) is 1.30. The average Bonchev–Trinajstić information content (AvgIpc) is 3.03. The Bertz CT molecular complexity index is 1160. The number of anilines is 1. The van der Waals surface area contributed by atoms with Crippen molar-refractivity contribution in [3.63, 3.8) is 0 Å². The molecule has 3 rings (SSSR count). The summed E-state index contributed by atoms with van der Waals surface area (Å²) < 4.78 is 65.5. The van der Waals surface area contributed by atoms with Crippen molar-refractivity contribution in [1.29, 1.82) is 0 Å². The van der Waals surface area contributed by atoms with Crippen molar-refractivity contribution in [2.75, 3.05) is 18.2 Å². The van der Waals surface area contributed by atoms with E-state index in [2.05, 4.69) is 5.32 Å². The van der Waals surface area contributed by atoms with E-state index in [1.54, 1.807) is 6.92 Å². The monoisotopic (exact) mass is 468 g/mol. The summed E-state index contributed by atoms with van der Waals surface area (Å²) in [7, 11) is -3.39. The molecule has 2 aromatic rings. The van der Waals surface area contributed by atoms with Crippen molar-refractivity contribution in [1.82, 2.24) is 4.57 Å². The molecule has 1 heterocycles. The van der Waals surface area contributed by atoms with E-state index in [0.29, 0.717) is 16.9 Å². The summed E-state index contributed by atoms with van der Waals surface area (Å²) >= 11 is 0. The number of carbonyl (C=O) groups excluding carboxylic acids is 1. The van der Waals surface area contributed by atoms with Crippen LogP contribution in [0.25, 0.3) is 0 Å². The molecule has 0 bridgehead atoms. The number of hydrogen-bond acceptors (Lipinski definition) is 4. The van der Waals surface area contributed by atoms with Gasteiger partial charge in [0, 0.05) is 36.3 Å². The first-order valence-electron chi connectivity index (χ1n) is 9.77. The lowest BCUT2D eigenvalue weighted by atomic mass is 9.83. The molecule has 2 atom stereocenters. The first-order valence-corrected chi connectivity index (χ1v) is 11.7. The number of sulfone groups is 1. The number of aromatic nitrogens is 1. The predicted molar refractivity (Wildman–Crippen MR) is 114 cm³/mol. The van der Waals surface area contributed by atoms with Gasteiger partial charge in [0.2, 0.25) is 0 Å². The van der Waals surface area contributed by atoms with Crippen LogP contribution < -0.4 is 5.32 Å². The van der Waals surface area contributed by atoms with Crippen molar-refractivity contribution in [2.45, 2.75) is 30.5 Å². The number of allylic oxidation sites excluding steroid dienone is 4. The van der Waals surface area contributed by atoms with E-state index >= 15 is 0 Å². The summed E-state index contributed by atoms with van der Waals surface area (Å²) in [6.07, 6.45) is 3.43. The van der Waals surface area contributed by atoms with Gasteiger partial charge in [-0.15, -0.1) is 0 Å². The van der Waals surface area contributed by atoms with Crippen molar-refractivity contribution >= 4 is 21.4 Å². The molecule has 0 fully saturated rings. The predicted octanol–water partition coefficient (Wildman–Crippen LogP) is 3.83. The number of aliphatic hydroxyl groups excluding tert-OH is 1. The van der Waals surface area contributed by atoms with Crippen molar-refractivity contribution in [3.8, 4) is 0 Å². The van der Waals surface area contributed by atoms with E-state index in [-0.39, 0.29) is 23.6 Å². The Morgan fingerprint density at radius 2 is 1.78 bits per heavy atom. The third kappa shape index (κ3) is 4.97. The van der Waals surface area contributed by atoms with Gasteiger partial charge in [0.05, 0.1) is 23.0 Å². The van der Waals surface area contributed by atoms with Crippen molar-refractivity contribution in [3.05, 3.63) is 71.6 Å². The van der Waals surface area contributed by atoms with Gasteiger partial charge in [0.1, 0.15) is 0 Å². The highest BCUT2D eigenvalue weighted by Crippen LogP contribution is 2.43. The quantitative estimate of drug-likeness (QED) is 0.675. The first kappa shape index (κ1) is 23.8. The summed E-state index contributed by atoms with van der Waals surface area (Å²) in [5.41, 5.74) is 1.19. The van der Waals surface area contributed by atoms with E-state index in [0.717, 1.165) is 12.3 Å². The molecule has 0 spiro atoms. The van der Waals surface area contributed by atoms with Crippen LogP contribution in [0.4, 0.5) is 18.9 Å². The normalized spacial score (nSPS) is 18.7. The maximum Gasteiger partial charge on any atom is 0.396 e. The number of nitrogens with one attached hydrogen (secondary N) is 1. The minimum atomic E-state index is -4.48. The second-order valence-electron chi connectivity index (χ2n) is 7.58. The Balaban J connectivity index is 1.95. The van der Waals surface area contributed by atoms with Crippen LogP contribution in [0.1, 0.15) is 27.5 Å². The third-order valence-corrected chi connectivity index (χ3v) is 6.47. The molecule has 1 unspecified atom stereocenters. The lowest BCUT2D eigenvalue weighted by Gasteiger charge is -2.28. The SMILES string of the molecule is Cc1c(C(=O)Nc2ccc(S(C)(=O)=O)cc2)cn(CCO)c1[C@H]1C=CC=CC1C(F)(F)F. The number of halogens is 3. The van der Waals surface area contributed by atoms with Gasteiger partial charge < -0.3 is 15.0 Å². The number of rotatable bonds is 6. The Kier molecular flexibility index (Phi) is 6.66. The second-order valence-corrected chi connectivity index (χ2v) is 9.60. The number of hydrogen-bond donors (Lipinski definition) is 2. The van der Waals surface area contributed by atoms with Crippen LogP contribution in [-0.2, 0) is 16.4 Å². The molecule has 1 amide bonds. The Morgan fingerprint density at radius 3 is 2.34 bits per heavy atom. The lowest BCUT2D eigenvalue weighted by Crippen LogP contribution is -2.29. The van der Waals surface area contributed by atoms with Crippen LogP contribution >= 0.6 is 0 Å². The summed E-state index contributed by atoms with van der Waals surface area (Å²) in [5, 5.41) is 12.1. The van der Waals surface area contributed by atoms with Gasteiger partial charge in [0.25, 0.3) is 5.91 Å². The van der Waals surface area contributed by atoms with Gasteiger partial charge in [0.15, 0.2) is 9.84 Å². The van der Waals surface area contributed by atoms with Crippen LogP contribution in [0.5, 0.6) is 0 Å². The average molecular weight is 468 g/mol. The standard InChI is InChI=1S/C22H23F3N2O4S/c1-14-18(21(29)26-15-7-9-16(10-8-15)32(2,30)31)13-27(11-12-28)20(14)17-5-3-4-6-19(17)22(23,24)25/h3-10,13,17,19,28H,11-12H2,1-2H3,(H,26,29)/t17-,19?/m0/s1. The third-order valence-electron chi connectivity index (χ3n) is 5.34. The Labute approximate surface area is 184 Å². The molecule has 0 saturated heterocycles. The molecule has 10 heteroatoms. The topological polar surface area (TPSA) is 88.4 Å². The summed E-state index contributed by atoms with van der Waals surface area (Å²) in [5.74, 6) is -3.34. The number of aliphatic hydroxyl groups is 1. The van der Waals surface area contributed by atoms with Crippen molar-refractivity contribution < 1.29 is 31.5 Å².